The molecule has 1 aliphatic carbocycles. The topological polar surface area (TPSA) is 36.1 Å². The van der Waals surface area contributed by atoms with Crippen molar-refractivity contribution in [2.24, 2.45) is 5.92 Å². The van der Waals surface area contributed by atoms with E-state index in [1.807, 2.05) is 0 Å². The highest BCUT2D eigenvalue weighted by molar-refractivity contribution is 5.86. The Bertz CT molecular complexity index is 743. The van der Waals surface area contributed by atoms with Crippen LogP contribution in [0.25, 0.3) is 10.9 Å². The highest BCUT2D eigenvalue weighted by Gasteiger charge is 2.33. The van der Waals surface area contributed by atoms with E-state index >= 15 is 0 Å². The van der Waals surface area contributed by atoms with Crippen LogP contribution in [0.4, 0.5) is 0 Å². The summed E-state index contributed by atoms with van der Waals surface area (Å²) in [5, 5.41) is 1.32. The van der Waals surface area contributed by atoms with Crippen molar-refractivity contribution < 1.29 is 4.79 Å². The van der Waals surface area contributed by atoms with E-state index in [0.717, 1.165) is 32.2 Å². The van der Waals surface area contributed by atoms with Crippen molar-refractivity contribution in [1.29, 1.82) is 0 Å². The molecule has 2 heterocycles. The minimum atomic E-state index is 0.148. The molecule has 0 fully saturated rings. The minimum absolute atomic E-state index is 0.148. The molecule has 1 aliphatic heterocycles. The first-order chi connectivity index (χ1) is 10.8. The fraction of sp³-hybridized carbons (Fsp3) is 0.421. The molecule has 114 valence electrons. The van der Waals surface area contributed by atoms with Gasteiger partial charge in [0.1, 0.15) is 0 Å². The van der Waals surface area contributed by atoms with E-state index in [1.54, 1.807) is 0 Å². The van der Waals surface area contributed by atoms with Crippen LogP contribution in [0.3, 0.4) is 0 Å². The Morgan fingerprint density at radius 2 is 2.14 bits per heavy atom. The van der Waals surface area contributed by atoms with E-state index in [0.29, 0.717) is 5.91 Å². The maximum atomic E-state index is 12.9. The Morgan fingerprint density at radius 1 is 1.27 bits per heavy atom. The number of para-hydroxylation sites is 1. The van der Waals surface area contributed by atoms with Gasteiger partial charge >= 0.3 is 0 Å². The minimum Gasteiger partial charge on any atom is -0.356 e. The number of nitrogens with zero attached hydrogens (tertiary/aromatic N) is 1. The summed E-state index contributed by atoms with van der Waals surface area (Å²) in [6.45, 7) is 3.00. The quantitative estimate of drug-likeness (QED) is 0.794. The lowest BCUT2D eigenvalue weighted by atomic mass is 9.90. The molecule has 0 unspecified atom stereocenters. The third kappa shape index (κ3) is 2.07. The first-order valence-electron chi connectivity index (χ1n) is 8.30. The first kappa shape index (κ1) is 13.6. The number of carbonyl (C=O) groups is 1. The number of hydrogen-bond donors (Lipinski definition) is 1. The number of benzene rings is 1. The second kappa shape index (κ2) is 5.31. The lowest BCUT2D eigenvalue weighted by Gasteiger charge is -2.36. The van der Waals surface area contributed by atoms with E-state index in [4.69, 9.17) is 0 Å². The van der Waals surface area contributed by atoms with Gasteiger partial charge < -0.3 is 9.88 Å². The van der Waals surface area contributed by atoms with Crippen LogP contribution in [-0.2, 0) is 11.2 Å². The van der Waals surface area contributed by atoms with Gasteiger partial charge in [-0.1, -0.05) is 30.4 Å². The number of aromatic amines is 1. The molecule has 3 heteroatoms. The Balaban J connectivity index is 1.65. The van der Waals surface area contributed by atoms with Crippen LogP contribution >= 0.6 is 0 Å². The lowest BCUT2D eigenvalue weighted by molar-refractivity contribution is -0.138. The number of amides is 1. The molecule has 3 nitrogen and oxygen atoms in total. The molecule has 2 aliphatic rings. The van der Waals surface area contributed by atoms with Gasteiger partial charge in [0.2, 0.25) is 5.91 Å². The molecule has 1 amide bonds. The van der Waals surface area contributed by atoms with Gasteiger partial charge in [0.25, 0.3) is 0 Å². The molecule has 0 saturated carbocycles. The molecule has 2 aromatic rings. The fourth-order valence-corrected chi connectivity index (χ4v) is 3.98. The third-order valence-electron chi connectivity index (χ3n) is 5.24. The molecule has 0 saturated heterocycles. The van der Waals surface area contributed by atoms with E-state index in [9.17, 15) is 4.79 Å². The Kier molecular flexibility index (Phi) is 3.29. The molecular weight excluding hydrogens is 272 g/mol. The van der Waals surface area contributed by atoms with Crippen LogP contribution in [0.2, 0.25) is 0 Å². The predicted octanol–water partition coefficient (Wildman–Crippen LogP) is 3.97. The standard InChI is InChI=1S/C19H22N2O/c1-13-18-16(15-9-5-6-10-17(15)20-18)11-12-21(13)19(22)14-7-3-2-4-8-14/h2-3,5-6,9-10,13-14,20H,4,7-8,11-12H2,1H3/t13-,14-/m0/s1. The molecule has 22 heavy (non-hydrogen) atoms. The molecular formula is C19H22N2O. The summed E-state index contributed by atoms with van der Waals surface area (Å²) in [6, 6.07) is 8.60. The number of H-pyrrole nitrogens is 1. The monoisotopic (exact) mass is 294 g/mol. The smallest absolute Gasteiger partial charge is 0.226 e. The molecule has 0 radical (unpaired) electrons. The lowest BCUT2D eigenvalue weighted by Crippen LogP contribution is -2.42. The molecule has 1 N–H and O–H groups in total. The fourth-order valence-electron chi connectivity index (χ4n) is 3.98. The Morgan fingerprint density at radius 3 is 2.95 bits per heavy atom. The van der Waals surface area contributed by atoms with Gasteiger partial charge in [-0.3, -0.25) is 4.79 Å². The van der Waals surface area contributed by atoms with Crippen molar-refractivity contribution in [2.75, 3.05) is 6.54 Å². The number of hydrogen-bond acceptors (Lipinski definition) is 1. The Labute approximate surface area is 131 Å². The molecule has 0 bridgehead atoms. The number of fused-ring (bicyclic) bond motifs is 3. The van der Waals surface area contributed by atoms with Crippen molar-refractivity contribution >= 4 is 16.8 Å². The summed E-state index contributed by atoms with van der Waals surface area (Å²) in [4.78, 5) is 18.5. The summed E-state index contributed by atoms with van der Waals surface area (Å²) < 4.78 is 0. The number of nitrogens with one attached hydrogen (secondary N) is 1. The zero-order valence-corrected chi connectivity index (χ0v) is 13.0. The van der Waals surface area contributed by atoms with E-state index in [1.165, 1.54) is 22.2 Å². The predicted molar refractivity (Wildman–Crippen MR) is 88.6 cm³/mol. The average Bonchev–Trinajstić information content (AvgIpc) is 2.95. The molecule has 0 spiro atoms. The van der Waals surface area contributed by atoms with Crippen LogP contribution in [0.15, 0.2) is 36.4 Å². The van der Waals surface area contributed by atoms with Gasteiger partial charge in [-0.05, 0) is 44.2 Å². The van der Waals surface area contributed by atoms with E-state index < -0.39 is 0 Å². The number of rotatable bonds is 1. The average molecular weight is 294 g/mol. The molecule has 4 rings (SSSR count). The van der Waals surface area contributed by atoms with Gasteiger partial charge in [0, 0.05) is 29.1 Å². The zero-order chi connectivity index (χ0) is 15.1. The van der Waals surface area contributed by atoms with Gasteiger partial charge in [-0.15, -0.1) is 0 Å². The number of aromatic nitrogens is 1. The molecule has 1 aromatic carbocycles. The van der Waals surface area contributed by atoms with Gasteiger partial charge in [0.15, 0.2) is 0 Å². The zero-order valence-electron chi connectivity index (χ0n) is 13.0. The van der Waals surface area contributed by atoms with Gasteiger partial charge in [-0.2, -0.15) is 0 Å². The van der Waals surface area contributed by atoms with E-state index in [2.05, 4.69) is 53.2 Å². The van der Waals surface area contributed by atoms with Crippen LogP contribution in [0.1, 0.15) is 43.5 Å². The van der Waals surface area contributed by atoms with Crippen molar-refractivity contribution in [2.45, 2.75) is 38.6 Å². The second-order valence-corrected chi connectivity index (χ2v) is 6.50. The van der Waals surface area contributed by atoms with Crippen LogP contribution < -0.4 is 0 Å². The van der Waals surface area contributed by atoms with Gasteiger partial charge in [0.05, 0.1) is 6.04 Å². The van der Waals surface area contributed by atoms with Crippen molar-refractivity contribution in [3.63, 3.8) is 0 Å². The largest absolute Gasteiger partial charge is 0.356 e. The summed E-state index contributed by atoms with van der Waals surface area (Å²) >= 11 is 0. The maximum absolute atomic E-state index is 12.9. The summed E-state index contributed by atoms with van der Waals surface area (Å²) in [6.07, 6.45) is 8.25. The van der Waals surface area contributed by atoms with Crippen molar-refractivity contribution in [3.05, 3.63) is 47.7 Å². The Hall–Kier alpha value is -2.03. The van der Waals surface area contributed by atoms with E-state index in [-0.39, 0.29) is 12.0 Å². The molecule has 2 atom stereocenters. The third-order valence-corrected chi connectivity index (χ3v) is 5.24. The van der Waals surface area contributed by atoms with Crippen LogP contribution in [-0.4, -0.2) is 22.3 Å². The van der Waals surface area contributed by atoms with Gasteiger partial charge in [-0.25, -0.2) is 0 Å². The van der Waals surface area contributed by atoms with Crippen LogP contribution in [0, 0.1) is 5.92 Å². The summed E-state index contributed by atoms with van der Waals surface area (Å²) in [5.74, 6) is 0.513. The normalized spacial score (nSPS) is 24.5. The summed E-state index contributed by atoms with van der Waals surface area (Å²) in [7, 11) is 0. The SMILES string of the molecule is C[C@H]1c2[nH]c3ccccc3c2CCN1C(=O)[C@H]1CC=CCC1. The number of carbonyl (C=O) groups excluding carboxylic acids is 1. The highest BCUT2D eigenvalue weighted by atomic mass is 16.2. The van der Waals surface area contributed by atoms with Crippen LogP contribution in [0.5, 0.6) is 0 Å². The maximum Gasteiger partial charge on any atom is 0.226 e. The second-order valence-electron chi connectivity index (χ2n) is 6.50. The summed E-state index contributed by atoms with van der Waals surface area (Å²) in [5.41, 5.74) is 3.82. The number of allylic oxidation sites excluding steroid dienone is 2. The molecule has 1 aromatic heterocycles. The first-order valence-corrected chi connectivity index (χ1v) is 8.30. The van der Waals surface area contributed by atoms with Crippen molar-refractivity contribution in [1.82, 2.24) is 9.88 Å². The van der Waals surface area contributed by atoms with Crippen molar-refractivity contribution in [3.8, 4) is 0 Å². The highest BCUT2D eigenvalue weighted by Crippen LogP contribution is 2.35.